The van der Waals surface area contributed by atoms with Crippen molar-refractivity contribution in [2.75, 3.05) is 31.5 Å². The Hall–Kier alpha value is -3.85. The Labute approximate surface area is 203 Å². The van der Waals surface area contributed by atoms with E-state index >= 15 is 0 Å². The van der Waals surface area contributed by atoms with Gasteiger partial charge in [0.25, 0.3) is 0 Å². The van der Waals surface area contributed by atoms with Crippen LogP contribution in [0.15, 0.2) is 55.1 Å². The van der Waals surface area contributed by atoms with E-state index in [1.807, 2.05) is 41.4 Å². The molecule has 2 aliphatic rings. The zero-order valence-electron chi connectivity index (χ0n) is 19.5. The van der Waals surface area contributed by atoms with E-state index < -0.39 is 0 Å². The molecule has 178 valence electrons. The van der Waals surface area contributed by atoms with E-state index in [9.17, 15) is 4.79 Å². The highest BCUT2D eigenvalue weighted by Gasteiger charge is 2.28. The van der Waals surface area contributed by atoms with E-state index in [0.29, 0.717) is 17.8 Å². The molecule has 2 fully saturated rings. The quantitative estimate of drug-likeness (QED) is 0.427. The molecule has 0 spiro atoms. The van der Waals surface area contributed by atoms with E-state index in [0.717, 1.165) is 67.3 Å². The number of carbonyl (C=O) groups excluding carboxylic acids is 1. The molecular weight excluding hydrogens is 440 g/mol. The molecule has 1 aliphatic carbocycles. The zero-order chi connectivity index (χ0) is 23.6. The minimum atomic E-state index is 0.331. The number of aromatic nitrogens is 5. The third-order valence-corrected chi connectivity index (χ3v) is 6.72. The van der Waals surface area contributed by atoms with Crippen LogP contribution in [0.1, 0.15) is 24.8 Å². The van der Waals surface area contributed by atoms with Gasteiger partial charge in [-0.15, -0.1) is 0 Å². The van der Waals surface area contributed by atoms with Gasteiger partial charge in [0.2, 0.25) is 11.9 Å². The van der Waals surface area contributed by atoms with Gasteiger partial charge in [-0.25, -0.2) is 19.9 Å². The molecular formula is C26H28N8O. The molecule has 1 aromatic carbocycles. The molecule has 1 aliphatic heterocycles. The normalized spacial score (nSPS) is 16.5. The van der Waals surface area contributed by atoms with Crippen molar-refractivity contribution in [3.63, 3.8) is 0 Å². The summed E-state index contributed by atoms with van der Waals surface area (Å²) in [5, 5.41) is 3.30. The number of nitrogens with zero attached hydrogens (tertiary/aromatic N) is 6. The van der Waals surface area contributed by atoms with Crippen molar-refractivity contribution in [2.45, 2.75) is 25.8 Å². The predicted molar refractivity (Wildman–Crippen MR) is 134 cm³/mol. The van der Waals surface area contributed by atoms with Gasteiger partial charge in [0.15, 0.2) is 0 Å². The first-order chi connectivity index (χ1) is 17.2. The minimum absolute atomic E-state index is 0.331. The van der Waals surface area contributed by atoms with Crippen molar-refractivity contribution in [1.29, 1.82) is 0 Å². The molecule has 0 unspecified atom stereocenters. The number of anilines is 2. The summed E-state index contributed by atoms with van der Waals surface area (Å²) in [5.74, 6) is 2.37. The number of nitrogens with one attached hydrogen (secondary N) is 2. The lowest BCUT2D eigenvalue weighted by atomic mass is 10.1. The number of hydrogen-bond acceptors (Lipinski definition) is 7. The first-order valence-corrected chi connectivity index (χ1v) is 12.2. The van der Waals surface area contributed by atoms with Gasteiger partial charge in [-0.3, -0.25) is 9.69 Å². The molecule has 4 heterocycles. The maximum atomic E-state index is 12.4. The summed E-state index contributed by atoms with van der Waals surface area (Å²) in [7, 11) is 0. The summed E-state index contributed by atoms with van der Waals surface area (Å²) in [4.78, 5) is 37.6. The minimum Gasteiger partial charge on any atom is -0.340 e. The van der Waals surface area contributed by atoms with Gasteiger partial charge in [-0.2, -0.15) is 0 Å². The Bertz CT molecular complexity index is 1330. The Morgan fingerprint density at radius 3 is 2.71 bits per heavy atom. The Balaban J connectivity index is 1.08. The van der Waals surface area contributed by atoms with Crippen LogP contribution in [0.25, 0.3) is 22.3 Å². The average molecular weight is 469 g/mol. The van der Waals surface area contributed by atoms with Gasteiger partial charge in [-0.1, -0.05) is 6.07 Å². The monoisotopic (exact) mass is 468 g/mol. The molecule has 9 heteroatoms. The van der Waals surface area contributed by atoms with Gasteiger partial charge < -0.3 is 15.2 Å². The second-order valence-electron chi connectivity index (χ2n) is 9.39. The highest BCUT2D eigenvalue weighted by molar-refractivity contribution is 5.83. The number of rotatable bonds is 7. The third kappa shape index (κ3) is 5.14. The van der Waals surface area contributed by atoms with Crippen LogP contribution in [-0.4, -0.2) is 66.8 Å². The van der Waals surface area contributed by atoms with Crippen LogP contribution in [0.5, 0.6) is 0 Å². The van der Waals surface area contributed by atoms with Crippen molar-refractivity contribution in [2.24, 2.45) is 5.92 Å². The zero-order valence-corrected chi connectivity index (χ0v) is 19.5. The smallest absolute Gasteiger partial charge is 0.222 e. The molecule has 1 saturated heterocycles. The fourth-order valence-corrected chi connectivity index (χ4v) is 4.56. The van der Waals surface area contributed by atoms with Crippen LogP contribution >= 0.6 is 0 Å². The fourth-order valence-electron chi connectivity index (χ4n) is 4.56. The van der Waals surface area contributed by atoms with E-state index in [2.05, 4.69) is 41.2 Å². The van der Waals surface area contributed by atoms with Crippen molar-refractivity contribution in [1.82, 2.24) is 34.7 Å². The highest BCUT2D eigenvalue weighted by atomic mass is 16.2. The molecule has 2 N–H and O–H groups in total. The first-order valence-electron chi connectivity index (χ1n) is 12.2. The van der Waals surface area contributed by atoms with Crippen LogP contribution in [0, 0.1) is 5.92 Å². The maximum absolute atomic E-state index is 12.4. The number of aromatic amines is 1. The van der Waals surface area contributed by atoms with Crippen LogP contribution in [-0.2, 0) is 11.3 Å². The summed E-state index contributed by atoms with van der Waals surface area (Å²) in [6.45, 7) is 4.28. The van der Waals surface area contributed by atoms with Crippen LogP contribution in [0.2, 0.25) is 0 Å². The number of piperazine rings is 1. The molecule has 35 heavy (non-hydrogen) atoms. The van der Waals surface area contributed by atoms with Crippen LogP contribution < -0.4 is 5.32 Å². The van der Waals surface area contributed by atoms with Crippen molar-refractivity contribution in [3.8, 4) is 11.3 Å². The van der Waals surface area contributed by atoms with Crippen molar-refractivity contribution in [3.05, 3.63) is 60.7 Å². The summed E-state index contributed by atoms with van der Waals surface area (Å²) in [5.41, 5.74) is 4.85. The summed E-state index contributed by atoms with van der Waals surface area (Å²) in [6.07, 6.45) is 8.29. The standard InChI is InChI=1S/C26H28N8O/c35-25(14-18-1-2-18)34-11-9-33(10-12-34)16-19-5-8-28-24(13-19)32-26-30-22-4-3-20(15-23(22)31-26)21-6-7-27-17-29-21/h3-8,13,15,17-18H,1-2,9-12,14,16H2,(H2,28,30,31,32). The fraction of sp³-hybridized carbons (Fsp3) is 0.346. The number of hydrogen-bond donors (Lipinski definition) is 2. The molecule has 0 atom stereocenters. The Morgan fingerprint density at radius 1 is 1.03 bits per heavy atom. The second kappa shape index (κ2) is 9.42. The van der Waals surface area contributed by atoms with E-state index in [1.54, 1.807) is 12.5 Å². The number of imidazole rings is 1. The lowest BCUT2D eigenvalue weighted by Crippen LogP contribution is -2.48. The largest absolute Gasteiger partial charge is 0.340 e. The van der Waals surface area contributed by atoms with Gasteiger partial charge in [0.05, 0.1) is 16.7 Å². The summed E-state index contributed by atoms with van der Waals surface area (Å²) < 4.78 is 0. The molecule has 0 bridgehead atoms. The molecule has 9 nitrogen and oxygen atoms in total. The molecule has 6 rings (SSSR count). The van der Waals surface area contributed by atoms with Crippen molar-refractivity contribution >= 4 is 28.7 Å². The number of benzene rings is 1. The van der Waals surface area contributed by atoms with Crippen molar-refractivity contribution < 1.29 is 4.79 Å². The Morgan fingerprint density at radius 2 is 1.91 bits per heavy atom. The topological polar surface area (TPSA) is 103 Å². The average Bonchev–Trinajstić information content (AvgIpc) is 3.61. The van der Waals surface area contributed by atoms with Gasteiger partial charge >= 0.3 is 0 Å². The molecule has 1 amide bonds. The number of H-pyrrole nitrogens is 1. The number of pyridine rings is 1. The molecule has 3 aromatic heterocycles. The lowest BCUT2D eigenvalue weighted by molar-refractivity contribution is -0.133. The highest BCUT2D eigenvalue weighted by Crippen LogP contribution is 2.33. The van der Waals surface area contributed by atoms with Crippen LogP contribution in [0.3, 0.4) is 0 Å². The number of carbonyl (C=O) groups is 1. The van der Waals surface area contributed by atoms with Gasteiger partial charge in [0.1, 0.15) is 12.1 Å². The maximum Gasteiger partial charge on any atom is 0.222 e. The first kappa shape index (κ1) is 21.7. The number of fused-ring (bicyclic) bond motifs is 1. The predicted octanol–water partition coefficient (Wildman–Crippen LogP) is 3.60. The summed E-state index contributed by atoms with van der Waals surface area (Å²) in [6, 6.07) is 12.0. The van der Waals surface area contributed by atoms with Crippen LogP contribution in [0.4, 0.5) is 11.8 Å². The van der Waals surface area contributed by atoms with Gasteiger partial charge in [-0.05, 0) is 54.7 Å². The van der Waals surface area contributed by atoms with E-state index in [1.165, 1.54) is 18.4 Å². The molecule has 4 aromatic rings. The van der Waals surface area contributed by atoms with E-state index in [4.69, 9.17) is 0 Å². The SMILES string of the molecule is O=C(CC1CC1)N1CCN(Cc2ccnc(Nc3nc4ccc(-c5ccncn5)cc4[nH]3)c2)CC1. The van der Waals surface area contributed by atoms with E-state index in [-0.39, 0.29) is 0 Å². The number of amides is 1. The third-order valence-electron chi connectivity index (χ3n) is 6.72. The Kier molecular flexibility index (Phi) is 5.83. The second-order valence-corrected chi connectivity index (χ2v) is 9.39. The lowest BCUT2D eigenvalue weighted by Gasteiger charge is -2.34. The van der Waals surface area contributed by atoms with Gasteiger partial charge in [0, 0.05) is 57.1 Å². The summed E-state index contributed by atoms with van der Waals surface area (Å²) >= 11 is 0. The molecule has 1 saturated carbocycles. The molecule has 0 radical (unpaired) electrons.